The zero-order valence-corrected chi connectivity index (χ0v) is 10.8. The Morgan fingerprint density at radius 2 is 2.26 bits per heavy atom. The molecule has 6 heteroatoms. The van der Waals surface area contributed by atoms with E-state index in [0.29, 0.717) is 12.1 Å². The Kier molecular flexibility index (Phi) is 4.49. The Balaban J connectivity index is 1.81. The monoisotopic (exact) mass is 259 g/mol. The lowest BCUT2D eigenvalue weighted by Gasteiger charge is -2.09. The summed E-state index contributed by atoms with van der Waals surface area (Å²) in [5.41, 5.74) is 1.34. The van der Waals surface area contributed by atoms with Gasteiger partial charge in [0.25, 0.3) is 5.91 Å². The van der Waals surface area contributed by atoms with Crippen LogP contribution in [0.5, 0.6) is 0 Å². The van der Waals surface area contributed by atoms with E-state index < -0.39 is 0 Å². The van der Waals surface area contributed by atoms with Gasteiger partial charge in [-0.05, 0) is 12.5 Å². The number of rotatable bonds is 6. The molecule has 0 radical (unpaired) electrons. The second-order valence-corrected chi connectivity index (χ2v) is 4.08. The maximum atomic E-state index is 12.0. The Labute approximate surface area is 111 Å². The van der Waals surface area contributed by atoms with Crippen LogP contribution >= 0.6 is 0 Å². The highest BCUT2D eigenvalue weighted by Gasteiger charge is 2.09. The minimum atomic E-state index is -0.0858. The normalized spacial score (nSPS) is 10.2. The lowest BCUT2D eigenvalue weighted by atomic mass is 10.2. The third-order valence-corrected chi connectivity index (χ3v) is 2.77. The minimum absolute atomic E-state index is 0.0858. The van der Waals surface area contributed by atoms with Gasteiger partial charge in [-0.2, -0.15) is 0 Å². The maximum absolute atomic E-state index is 12.0. The largest absolute Gasteiger partial charge is 0.386 e. The van der Waals surface area contributed by atoms with Crippen LogP contribution < -0.4 is 10.6 Å². The lowest BCUT2D eigenvalue weighted by molar-refractivity contribution is 0.0953. The molecule has 2 rings (SSSR count). The number of aromatic nitrogens is 3. The van der Waals surface area contributed by atoms with Crippen LogP contribution in [0.25, 0.3) is 0 Å². The molecule has 0 spiro atoms. The second-order valence-electron chi connectivity index (χ2n) is 4.08. The van der Waals surface area contributed by atoms with Crippen LogP contribution in [0.4, 0.5) is 5.69 Å². The van der Waals surface area contributed by atoms with E-state index in [1.54, 1.807) is 38.0 Å². The van der Waals surface area contributed by atoms with Gasteiger partial charge in [0, 0.05) is 38.7 Å². The molecule has 100 valence electrons. The summed E-state index contributed by atoms with van der Waals surface area (Å²) in [6, 6.07) is 1.71. The van der Waals surface area contributed by atoms with Crippen molar-refractivity contribution in [3.63, 3.8) is 0 Å². The number of hydrogen-bond donors (Lipinski definition) is 2. The molecule has 0 saturated heterocycles. The third kappa shape index (κ3) is 3.54. The van der Waals surface area contributed by atoms with Crippen molar-refractivity contribution in [2.45, 2.75) is 13.0 Å². The second kappa shape index (κ2) is 6.53. The van der Waals surface area contributed by atoms with Crippen LogP contribution in [0.1, 0.15) is 16.8 Å². The first-order valence-electron chi connectivity index (χ1n) is 6.17. The van der Waals surface area contributed by atoms with Crippen LogP contribution in [0.3, 0.4) is 0 Å². The van der Waals surface area contributed by atoms with Crippen LogP contribution in [-0.4, -0.2) is 34.0 Å². The number of nitrogens with zero attached hydrogens (tertiary/aromatic N) is 3. The van der Waals surface area contributed by atoms with E-state index >= 15 is 0 Å². The fraction of sp³-hybridized carbons (Fsp3) is 0.308. The van der Waals surface area contributed by atoms with Gasteiger partial charge in [0.2, 0.25) is 0 Å². The maximum Gasteiger partial charge on any atom is 0.253 e. The highest BCUT2D eigenvalue weighted by molar-refractivity contribution is 5.99. The number of amides is 1. The van der Waals surface area contributed by atoms with Crippen molar-refractivity contribution < 1.29 is 4.79 Å². The summed E-state index contributed by atoms with van der Waals surface area (Å²) in [6.45, 7) is 1.47. The number of imidazole rings is 1. The molecule has 1 amide bonds. The van der Waals surface area contributed by atoms with Crippen LogP contribution in [-0.2, 0) is 6.54 Å². The molecule has 0 aliphatic rings. The lowest BCUT2D eigenvalue weighted by Crippen LogP contribution is -2.26. The van der Waals surface area contributed by atoms with Gasteiger partial charge >= 0.3 is 0 Å². The standard InChI is InChI=1S/C13H17N5O/c1-14-12-9-15-5-3-11(12)13(19)17-4-2-7-18-8-6-16-10-18/h3,5-6,8-10,14H,2,4,7H2,1H3,(H,17,19). The number of nitrogens with one attached hydrogen (secondary N) is 2. The summed E-state index contributed by atoms with van der Waals surface area (Å²) < 4.78 is 1.98. The fourth-order valence-electron chi connectivity index (χ4n) is 1.77. The van der Waals surface area contributed by atoms with Crippen molar-refractivity contribution in [3.05, 3.63) is 42.7 Å². The first-order chi connectivity index (χ1) is 9.31. The molecule has 2 aromatic rings. The summed E-state index contributed by atoms with van der Waals surface area (Å²) in [5, 5.41) is 5.85. The molecule has 0 unspecified atom stereocenters. The van der Waals surface area contributed by atoms with E-state index in [2.05, 4.69) is 20.6 Å². The smallest absolute Gasteiger partial charge is 0.253 e. The Morgan fingerprint density at radius 1 is 1.37 bits per heavy atom. The highest BCUT2D eigenvalue weighted by Crippen LogP contribution is 2.11. The minimum Gasteiger partial charge on any atom is -0.386 e. The van der Waals surface area contributed by atoms with Crippen molar-refractivity contribution in [1.29, 1.82) is 0 Å². The number of anilines is 1. The van der Waals surface area contributed by atoms with Crippen molar-refractivity contribution in [1.82, 2.24) is 19.9 Å². The summed E-state index contributed by atoms with van der Waals surface area (Å²) in [4.78, 5) is 19.9. The van der Waals surface area contributed by atoms with Gasteiger partial charge in [0.05, 0.1) is 23.8 Å². The van der Waals surface area contributed by atoms with Gasteiger partial charge in [0.1, 0.15) is 0 Å². The molecular formula is C13H17N5O. The zero-order valence-electron chi connectivity index (χ0n) is 10.8. The molecule has 0 aliphatic carbocycles. The molecule has 0 bridgehead atoms. The number of pyridine rings is 1. The molecule has 19 heavy (non-hydrogen) atoms. The van der Waals surface area contributed by atoms with E-state index in [9.17, 15) is 4.79 Å². The quantitative estimate of drug-likeness (QED) is 0.763. The summed E-state index contributed by atoms with van der Waals surface area (Å²) >= 11 is 0. The molecule has 2 aromatic heterocycles. The first kappa shape index (κ1) is 13.1. The van der Waals surface area contributed by atoms with Crippen LogP contribution in [0, 0.1) is 0 Å². The van der Waals surface area contributed by atoms with Crippen molar-refractivity contribution >= 4 is 11.6 Å². The first-order valence-corrected chi connectivity index (χ1v) is 6.17. The van der Waals surface area contributed by atoms with Crippen molar-refractivity contribution in [2.75, 3.05) is 18.9 Å². The molecule has 0 aliphatic heterocycles. The highest BCUT2D eigenvalue weighted by atomic mass is 16.1. The van der Waals surface area contributed by atoms with E-state index in [1.807, 2.05) is 10.8 Å². The van der Waals surface area contributed by atoms with Gasteiger partial charge in [0.15, 0.2) is 0 Å². The van der Waals surface area contributed by atoms with Crippen molar-refractivity contribution in [2.24, 2.45) is 0 Å². The number of carbonyl (C=O) groups is 1. The van der Waals surface area contributed by atoms with Gasteiger partial charge in [-0.25, -0.2) is 4.98 Å². The van der Waals surface area contributed by atoms with E-state index in [-0.39, 0.29) is 5.91 Å². The number of hydrogen-bond acceptors (Lipinski definition) is 4. The molecule has 6 nitrogen and oxygen atoms in total. The van der Waals surface area contributed by atoms with Gasteiger partial charge in [-0.1, -0.05) is 0 Å². The van der Waals surface area contributed by atoms with Crippen molar-refractivity contribution in [3.8, 4) is 0 Å². The summed E-state index contributed by atoms with van der Waals surface area (Å²) in [7, 11) is 1.77. The summed E-state index contributed by atoms with van der Waals surface area (Å²) in [5.74, 6) is -0.0858. The Hall–Kier alpha value is -2.37. The van der Waals surface area contributed by atoms with E-state index in [4.69, 9.17) is 0 Å². The number of aryl methyl sites for hydroxylation is 1. The van der Waals surface area contributed by atoms with E-state index in [1.165, 1.54) is 0 Å². The summed E-state index contributed by atoms with van der Waals surface area (Å²) in [6.07, 6.45) is 9.53. The molecule has 2 N–H and O–H groups in total. The van der Waals surface area contributed by atoms with E-state index in [0.717, 1.165) is 18.7 Å². The van der Waals surface area contributed by atoms with Gasteiger partial charge in [-0.3, -0.25) is 9.78 Å². The molecule has 0 aromatic carbocycles. The van der Waals surface area contributed by atoms with Crippen LogP contribution in [0.15, 0.2) is 37.2 Å². The topological polar surface area (TPSA) is 71.8 Å². The Bertz CT molecular complexity index is 524. The molecule has 0 atom stereocenters. The average molecular weight is 259 g/mol. The van der Waals surface area contributed by atoms with Gasteiger partial charge < -0.3 is 15.2 Å². The third-order valence-electron chi connectivity index (χ3n) is 2.77. The molecule has 2 heterocycles. The average Bonchev–Trinajstić information content (AvgIpc) is 2.96. The predicted molar refractivity (Wildman–Crippen MR) is 73.0 cm³/mol. The predicted octanol–water partition coefficient (Wildman–Crippen LogP) is 1.14. The van der Waals surface area contributed by atoms with Crippen LogP contribution in [0.2, 0.25) is 0 Å². The zero-order chi connectivity index (χ0) is 13.5. The molecular weight excluding hydrogens is 242 g/mol. The molecule has 0 fully saturated rings. The Morgan fingerprint density at radius 3 is 3.00 bits per heavy atom. The molecule has 0 saturated carbocycles. The fourth-order valence-corrected chi connectivity index (χ4v) is 1.77. The number of carbonyl (C=O) groups excluding carboxylic acids is 1. The SMILES string of the molecule is CNc1cnccc1C(=O)NCCCn1ccnc1. The van der Waals surface area contributed by atoms with Gasteiger partial charge in [-0.15, -0.1) is 0 Å².